The maximum Gasteiger partial charge on any atom is 0.416 e. The first-order chi connectivity index (χ1) is 9.78. The van der Waals surface area contributed by atoms with E-state index in [0.29, 0.717) is 0 Å². The van der Waals surface area contributed by atoms with Gasteiger partial charge in [0.2, 0.25) is 4.69 Å². The number of halogens is 4. The van der Waals surface area contributed by atoms with Crippen LogP contribution in [0, 0.1) is 0 Å². The van der Waals surface area contributed by atoms with Crippen LogP contribution in [0.1, 0.15) is 16.7 Å². The Kier molecular flexibility index (Phi) is 4.20. The summed E-state index contributed by atoms with van der Waals surface area (Å²) in [6.07, 6.45) is -4.68. The second-order valence-corrected chi connectivity index (χ2v) is 5.11. The molecule has 1 atom stereocenters. The molecule has 0 amide bonds. The Hall–Kier alpha value is -1.66. The average Bonchev–Trinajstić information content (AvgIpc) is 2.46. The van der Waals surface area contributed by atoms with Crippen LogP contribution in [0.25, 0.3) is 0 Å². The van der Waals surface area contributed by atoms with Crippen molar-refractivity contribution in [3.05, 3.63) is 71.3 Å². The molecule has 0 aliphatic heterocycles. The zero-order chi connectivity index (χ0) is 15.7. The van der Waals surface area contributed by atoms with E-state index in [4.69, 9.17) is 0 Å². The van der Waals surface area contributed by atoms with Gasteiger partial charge < -0.3 is 5.11 Å². The van der Waals surface area contributed by atoms with E-state index in [-0.39, 0.29) is 5.56 Å². The molecule has 0 fully saturated rings. The second kappa shape index (κ2) is 5.61. The fourth-order valence-corrected chi connectivity index (χ4v) is 2.54. The molecule has 0 spiro atoms. The maximum absolute atomic E-state index is 13.1. The number of benzene rings is 2. The SMILES string of the molecule is O=C(Br)C(O)(c1ccccc1)c1ccccc1C(F)(F)F. The summed E-state index contributed by atoms with van der Waals surface area (Å²) in [6, 6.07) is 12.0. The molecule has 2 aromatic carbocycles. The lowest BCUT2D eigenvalue weighted by atomic mass is 9.84. The van der Waals surface area contributed by atoms with E-state index in [1.54, 1.807) is 6.07 Å². The first kappa shape index (κ1) is 15.7. The van der Waals surface area contributed by atoms with E-state index < -0.39 is 27.6 Å². The first-order valence-corrected chi connectivity index (χ1v) is 6.71. The third-order valence-corrected chi connectivity index (χ3v) is 3.67. The van der Waals surface area contributed by atoms with Gasteiger partial charge in [-0.15, -0.1) is 0 Å². The van der Waals surface area contributed by atoms with Crippen molar-refractivity contribution < 1.29 is 23.1 Å². The van der Waals surface area contributed by atoms with Crippen LogP contribution in [0.2, 0.25) is 0 Å². The van der Waals surface area contributed by atoms with Crippen LogP contribution < -0.4 is 0 Å². The monoisotopic (exact) mass is 358 g/mol. The lowest BCUT2D eigenvalue weighted by molar-refractivity contribution is -0.141. The fourth-order valence-electron chi connectivity index (χ4n) is 2.10. The van der Waals surface area contributed by atoms with Gasteiger partial charge in [-0.1, -0.05) is 48.5 Å². The van der Waals surface area contributed by atoms with Crippen LogP contribution in [-0.4, -0.2) is 9.80 Å². The number of hydrogen-bond acceptors (Lipinski definition) is 2. The third-order valence-electron chi connectivity index (χ3n) is 3.10. The fraction of sp³-hybridized carbons (Fsp3) is 0.133. The molecule has 2 aromatic rings. The van der Waals surface area contributed by atoms with E-state index in [1.807, 2.05) is 0 Å². The van der Waals surface area contributed by atoms with Crippen LogP contribution >= 0.6 is 15.9 Å². The van der Waals surface area contributed by atoms with Gasteiger partial charge in [-0.3, -0.25) is 4.79 Å². The minimum Gasteiger partial charge on any atom is -0.372 e. The largest absolute Gasteiger partial charge is 0.416 e. The highest BCUT2D eigenvalue weighted by molar-refractivity contribution is 9.18. The van der Waals surface area contributed by atoms with Gasteiger partial charge >= 0.3 is 6.18 Å². The Labute approximate surface area is 127 Å². The number of aliphatic hydroxyl groups is 1. The molecule has 110 valence electrons. The molecule has 0 aromatic heterocycles. The molecule has 6 heteroatoms. The second-order valence-electron chi connectivity index (χ2n) is 4.39. The number of carbonyl (C=O) groups is 1. The quantitative estimate of drug-likeness (QED) is 0.845. The van der Waals surface area contributed by atoms with Crippen LogP contribution in [0.15, 0.2) is 54.6 Å². The molecule has 0 radical (unpaired) electrons. The summed E-state index contributed by atoms with van der Waals surface area (Å²) in [5.41, 5.74) is -3.91. The number of rotatable bonds is 3. The summed E-state index contributed by atoms with van der Waals surface area (Å²) >= 11 is 2.62. The zero-order valence-electron chi connectivity index (χ0n) is 10.6. The average molecular weight is 359 g/mol. The molecule has 0 heterocycles. The van der Waals surface area contributed by atoms with Crippen molar-refractivity contribution in [3.8, 4) is 0 Å². The lowest BCUT2D eigenvalue weighted by Gasteiger charge is -2.28. The van der Waals surface area contributed by atoms with E-state index >= 15 is 0 Å². The Bertz CT molecular complexity index is 655. The van der Waals surface area contributed by atoms with E-state index in [9.17, 15) is 23.1 Å². The molecule has 0 saturated heterocycles. The predicted octanol–water partition coefficient (Wildman–Crippen LogP) is 3.86. The van der Waals surface area contributed by atoms with Crippen molar-refractivity contribution in [3.63, 3.8) is 0 Å². The van der Waals surface area contributed by atoms with Gasteiger partial charge in [0.05, 0.1) is 5.56 Å². The summed E-state index contributed by atoms with van der Waals surface area (Å²) in [5, 5.41) is 10.7. The summed E-state index contributed by atoms with van der Waals surface area (Å²) < 4.78 is 38.4. The van der Waals surface area contributed by atoms with Crippen molar-refractivity contribution in [1.82, 2.24) is 0 Å². The molecule has 0 aliphatic rings. The molecule has 1 N–H and O–H groups in total. The standard InChI is InChI=1S/C15H10BrF3O2/c16-13(20)14(21,10-6-2-1-3-7-10)11-8-4-5-9-12(11)15(17,18)19/h1-9,21H. The highest BCUT2D eigenvalue weighted by Crippen LogP contribution is 2.41. The summed E-state index contributed by atoms with van der Waals surface area (Å²) in [5.74, 6) is 0. The molecule has 1 unspecified atom stereocenters. The van der Waals surface area contributed by atoms with E-state index in [0.717, 1.165) is 12.1 Å². The van der Waals surface area contributed by atoms with E-state index in [1.165, 1.54) is 36.4 Å². The van der Waals surface area contributed by atoms with Gasteiger partial charge in [0.25, 0.3) is 0 Å². The predicted molar refractivity (Wildman–Crippen MR) is 74.8 cm³/mol. The van der Waals surface area contributed by atoms with Gasteiger partial charge in [0, 0.05) is 5.56 Å². The normalized spacial score (nSPS) is 14.5. The van der Waals surface area contributed by atoms with Crippen LogP contribution in [0.4, 0.5) is 13.2 Å². The smallest absolute Gasteiger partial charge is 0.372 e. The number of hydrogen-bond donors (Lipinski definition) is 1. The maximum atomic E-state index is 13.1. The van der Waals surface area contributed by atoms with Crippen LogP contribution in [0.3, 0.4) is 0 Å². The Morgan fingerprint density at radius 3 is 1.86 bits per heavy atom. The summed E-state index contributed by atoms with van der Waals surface area (Å²) in [7, 11) is 0. The van der Waals surface area contributed by atoms with Crippen LogP contribution in [-0.2, 0) is 16.6 Å². The highest BCUT2D eigenvalue weighted by atomic mass is 79.9. The molecular weight excluding hydrogens is 349 g/mol. The third kappa shape index (κ3) is 2.87. The molecule has 0 aliphatic carbocycles. The minimum atomic E-state index is -4.68. The Morgan fingerprint density at radius 2 is 1.38 bits per heavy atom. The van der Waals surface area contributed by atoms with Gasteiger partial charge in [-0.25, -0.2) is 0 Å². The molecule has 0 bridgehead atoms. The minimum absolute atomic E-state index is 0.0589. The van der Waals surface area contributed by atoms with Crippen molar-refractivity contribution in [2.75, 3.05) is 0 Å². The topological polar surface area (TPSA) is 37.3 Å². The van der Waals surface area contributed by atoms with Crippen LogP contribution in [0.5, 0.6) is 0 Å². The van der Waals surface area contributed by atoms with Crippen molar-refractivity contribution in [1.29, 1.82) is 0 Å². The lowest BCUT2D eigenvalue weighted by Crippen LogP contribution is -2.36. The molecule has 0 saturated carbocycles. The van der Waals surface area contributed by atoms with Gasteiger partial charge in [0.15, 0.2) is 5.60 Å². The number of carbonyl (C=O) groups excluding carboxylic acids is 1. The van der Waals surface area contributed by atoms with Gasteiger partial charge in [-0.05, 0) is 27.6 Å². The zero-order valence-corrected chi connectivity index (χ0v) is 12.1. The summed E-state index contributed by atoms with van der Waals surface area (Å²) in [6.45, 7) is 0. The Morgan fingerprint density at radius 1 is 0.905 bits per heavy atom. The van der Waals surface area contributed by atoms with Crippen molar-refractivity contribution in [2.24, 2.45) is 0 Å². The van der Waals surface area contributed by atoms with Crippen molar-refractivity contribution >= 4 is 20.6 Å². The Balaban J connectivity index is 2.74. The summed E-state index contributed by atoms with van der Waals surface area (Å²) in [4.78, 5) is 11.8. The van der Waals surface area contributed by atoms with E-state index in [2.05, 4.69) is 15.9 Å². The van der Waals surface area contributed by atoms with Crippen molar-refractivity contribution in [2.45, 2.75) is 11.8 Å². The molecule has 21 heavy (non-hydrogen) atoms. The molecular formula is C15H10BrF3O2. The number of alkyl halides is 3. The van der Waals surface area contributed by atoms with Gasteiger partial charge in [-0.2, -0.15) is 13.2 Å². The molecule has 2 nitrogen and oxygen atoms in total. The van der Waals surface area contributed by atoms with Gasteiger partial charge in [0.1, 0.15) is 0 Å². The molecule has 2 rings (SSSR count). The highest BCUT2D eigenvalue weighted by Gasteiger charge is 2.45. The first-order valence-electron chi connectivity index (χ1n) is 5.92.